The fourth-order valence-electron chi connectivity index (χ4n) is 1.12. The van der Waals surface area contributed by atoms with E-state index >= 15 is 0 Å². The second-order valence-corrected chi connectivity index (χ2v) is 5.62. The molecule has 0 aliphatic heterocycles. The highest BCUT2D eigenvalue weighted by Crippen LogP contribution is 2.10. The summed E-state index contributed by atoms with van der Waals surface area (Å²) in [5.74, 6) is -0.0439. The predicted octanol–water partition coefficient (Wildman–Crippen LogP) is 0.434. The Hall–Kier alpha value is -0.940. The molecule has 1 rings (SSSR count). The minimum absolute atomic E-state index is 0.0439. The van der Waals surface area contributed by atoms with Crippen molar-refractivity contribution in [2.24, 2.45) is 5.73 Å². The van der Waals surface area contributed by atoms with Crippen LogP contribution in [0, 0.1) is 6.92 Å². The number of aryl methyl sites for hydroxylation is 1. The molecule has 5 heteroatoms. The summed E-state index contributed by atoms with van der Waals surface area (Å²) in [7, 11) is -3.03. The Morgan fingerprint density at radius 3 is 2.57 bits per heavy atom. The van der Waals surface area contributed by atoms with E-state index in [0.717, 1.165) is 11.3 Å². The van der Waals surface area contributed by atoms with Crippen molar-refractivity contribution in [1.82, 2.24) is 4.98 Å². The summed E-state index contributed by atoms with van der Waals surface area (Å²) in [6.45, 7) is 1.87. The molecular weight excluding hydrogens is 200 g/mol. The third-order valence-electron chi connectivity index (χ3n) is 1.84. The highest BCUT2D eigenvalue weighted by Gasteiger charge is 2.12. The largest absolute Gasteiger partial charge is 0.323 e. The van der Waals surface area contributed by atoms with Gasteiger partial charge in [0.25, 0.3) is 0 Å². The zero-order valence-electron chi connectivity index (χ0n) is 8.27. The SMILES string of the molecule is Cc1ccc(C(N)CS(C)(=O)=O)cn1. The Kier molecular flexibility index (Phi) is 3.23. The van der Waals surface area contributed by atoms with Gasteiger partial charge in [-0.25, -0.2) is 8.42 Å². The summed E-state index contributed by atoms with van der Waals surface area (Å²) >= 11 is 0. The maximum Gasteiger partial charge on any atom is 0.149 e. The second-order valence-electron chi connectivity index (χ2n) is 3.43. The zero-order valence-corrected chi connectivity index (χ0v) is 9.08. The molecule has 0 aliphatic rings. The molecule has 78 valence electrons. The molecule has 2 N–H and O–H groups in total. The molecule has 0 fully saturated rings. The van der Waals surface area contributed by atoms with Crippen molar-refractivity contribution in [3.05, 3.63) is 29.6 Å². The third-order valence-corrected chi connectivity index (χ3v) is 2.81. The molecule has 0 saturated carbocycles. The number of nitrogens with two attached hydrogens (primary N) is 1. The van der Waals surface area contributed by atoms with Crippen molar-refractivity contribution in [1.29, 1.82) is 0 Å². The molecule has 0 radical (unpaired) electrons. The fraction of sp³-hybridized carbons (Fsp3) is 0.444. The minimum atomic E-state index is -3.03. The summed E-state index contributed by atoms with van der Waals surface area (Å²) in [5.41, 5.74) is 7.35. The molecule has 0 aliphatic carbocycles. The van der Waals surface area contributed by atoms with Crippen LogP contribution in [0.1, 0.15) is 17.3 Å². The smallest absolute Gasteiger partial charge is 0.149 e. The predicted molar refractivity (Wildman–Crippen MR) is 55.6 cm³/mol. The molecule has 4 nitrogen and oxygen atoms in total. The lowest BCUT2D eigenvalue weighted by Crippen LogP contribution is -2.20. The number of nitrogens with zero attached hydrogens (tertiary/aromatic N) is 1. The molecule has 0 saturated heterocycles. The van der Waals surface area contributed by atoms with E-state index in [9.17, 15) is 8.42 Å². The average molecular weight is 214 g/mol. The average Bonchev–Trinajstić information content (AvgIpc) is 2.02. The number of hydrogen-bond donors (Lipinski definition) is 1. The Morgan fingerprint density at radius 1 is 1.50 bits per heavy atom. The molecule has 0 spiro atoms. The van der Waals surface area contributed by atoms with Crippen LogP contribution in [0.4, 0.5) is 0 Å². The molecule has 1 aromatic rings. The van der Waals surface area contributed by atoms with Gasteiger partial charge in [0.15, 0.2) is 0 Å². The molecule has 1 atom stereocenters. The van der Waals surface area contributed by atoms with Crippen LogP contribution in [0.3, 0.4) is 0 Å². The van der Waals surface area contributed by atoms with Crippen molar-refractivity contribution in [2.75, 3.05) is 12.0 Å². The van der Waals surface area contributed by atoms with Gasteiger partial charge >= 0.3 is 0 Å². The van der Waals surface area contributed by atoms with Gasteiger partial charge in [0.2, 0.25) is 0 Å². The van der Waals surface area contributed by atoms with Crippen LogP contribution >= 0.6 is 0 Å². The molecular formula is C9H14N2O2S. The Labute approximate surface area is 84.1 Å². The first-order valence-electron chi connectivity index (χ1n) is 4.24. The first-order chi connectivity index (χ1) is 6.38. The van der Waals surface area contributed by atoms with E-state index in [1.54, 1.807) is 12.3 Å². The van der Waals surface area contributed by atoms with Crippen molar-refractivity contribution in [3.63, 3.8) is 0 Å². The van der Waals surface area contributed by atoms with Gasteiger partial charge in [0.1, 0.15) is 9.84 Å². The number of hydrogen-bond acceptors (Lipinski definition) is 4. The summed E-state index contributed by atoms with van der Waals surface area (Å²) in [6, 6.07) is 3.13. The number of rotatable bonds is 3. The highest BCUT2D eigenvalue weighted by molar-refractivity contribution is 7.90. The van der Waals surface area contributed by atoms with Gasteiger partial charge in [-0.15, -0.1) is 0 Å². The van der Waals surface area contributed by atoms with Crippen molar-refractivity contribution in [2.45, 2.75) is 13.0 Å². The molecule has 1 heterocycles. The fourth-order valence-corrected chi connectivity index (χ4v) is 1.97. The van der Waals surface area contributed by atoms with Crippen LogP contribution in [0.25, 0.3) is 0 Å². The van der Waals surface area contributed by atoms with Gasteiger partial charge in [0.05, 0.1) is 5.75 Å². The Balaban J connectivity index is 2.80. The van der Waals surface area contributed by atoms with E-state index in [4.69, 9.17) is 5.73 Å². The summed E-state index contributed by atoms with van der Waals surface area (Å²) in [5, 5.41) is 0. The summed E-state index contributed by atoms with van der Waals surface area (Å²) in [4.78, 5) is 4.06. The van der Waals surface area contributed by atoms with E-state index in [-0.39, 0.29) is 5.75 Å². The number of sulfone groups is 1. The van der Waals surface area contributed by atoms with Crippen molar-refractivity contribution < 1.29 is 8.42 Å². The standard InChI is InChI=1S/C9H14N2O2S/c1-7-3-4-8(5-11-7)9(10)6-14(2,12)13/h3-5,9H,6,10H2,1-2H3. The molecule has 1 aromatic heterocycles. The van der Waals surface area contributed by atoms with Gasteiger partial charge in [-0.3, -0.25) is 4.98 Å². The van der Waals surface area contributed by atoms with Gasteiger partial charge in [-0.05, 0) is 18.6 Å². The zero-order chi connectivity index (χ0) is 10.8. The van der Waals surface area contributed by atoms with Crippen molar-refractivity contribution >= 4 is 9.84 Å². The quantitative estimate of drug-likeness (QED) is 0.792. The molecule has 0 bridgehead atoms. The van der Waals surface area contributed by atoms with Crippen LogP contribution in [0.5, 0.6) is 0 Å². The third kappa shape index (κ3) is 3.43. The Morgan fingerprint density at radius 2 is 2.14 bits per heavy atom. The first kappa shape index (κ1) is 11.1. The molecule has 0 aromatic carbocycles. The van der Waals surface area contributed by atoms with Crippen LogP contribution in [-0.4, -0.2) is 25.4 Å². The highest BCUT2D eigenvalue weighted by atomic mass is 32.2. The second kappa shape index (κ2) is 4.06. The van der Waals surface area contributed by atoms with Crippen LogP contribution in [0.15, 0.2) is 18.3 Å². The van der Waals surface area contributed by atoms with Crippen LogP contribution in [-0.2, 0) is 9.84 Å². The van der Waals surface area contributed by atoms with Gasteiger partial charge in [0, 0.05) is 24.2 Å². The molecule has 14 heavy (non-hydrogen) atoms. The number of aromatic nitrogens is 1. The van der Waals surface area contributed by atoms with E-state index in [2.05, 4.69) is 4.98 Å². The van der Waals surface area contributed by atoms with Gasteiger partial charge in [-0.1, -0.05) is 6.07 Å². The van der Waals surface area contributed by atoms with Crippen molar-refractivity contribution in [3.8, 4) is 0 Å². The molecule has 1 unspecified atom stereocenters. The van der Waals surface area contributed by atoms with Gasteiger partial charge in [-0.2, -0.15) is 0 Å². The maximum atomic E-state index is 11.0. The van der Waals surface area contributed by atoms with E-state index in [0.29, 0.717) is 0 Å². The topological polar surface area (TPSA) is 73.1 Å². The van der Waals surface area contributed by atoms with Crippen LogP contribution in [0.2, 0.25) is 0 Å². The molecule has 0 amide bonds. The lowest BCUT2D eigenvalue weighted by atomic mass is 10.1. The Bertz CT molecular complexity index is 397. The normalized spacial score (nSPS) is 13.9. The lowest BCUT2D eigenvalue weighted by molar-refractivity contribution is 0.594. The lowest BCUT2D eigenvalue weighted by Gasteiger charge is -2.09. The summed E-state index contributed by atoms with van der Waals surface area (Å²) in [6.07, 6.45) is 2.79. The van der Waals surface area contributed by atoms with E-state index in [1.807, 2.05) is 13.0 Å². The summed E-state index contributed by atoms with van der Waals surface area (Å²) < 4.78 is 22.0. The van der Waals surface area contributed by atoms with E-state index in [1.165, 1.54) is 6.26 Å². The van der Waals surface area contributed by atoms with E-state index < -0.39 is 15.9 Å². The monoisotopic (exact) mass is 214 g/mol. The minimum Gasteiger partial charge on any atom is -0.323 e. The van der Waals surface area contributed by atoms with Gasteiger partial charge < -0.3 is 5.73 Å². The van der Waals surface area contributed by atoms with Crippen LogP contribution < -0.4 is 5.73 Å². The number of pyridine rings is 1. The maximum absolute atomic E-state index is 11.0. The first-order valence-corrected chi connectivity index (χ1v) is 6.30.